The first-order chi connectivity index (χ1) is 11.0. The molecule has 0 saturated heterocycles. The molecule has 0 saturated carbocycles. The van der Waals surface area contributed by atoms with E-state index in [1.165, 1.54) is 16.9 Å². The number of carbonyl (C=O) groups excluding carboxylic acids is 1. The first kappa shape index (κ1) is 15.5. The van der Waals surface area contributed by atoms with E-state index in [-0.39, 0.29) is 5.91 Å². The van der Waals surface area contributed by atoms with Gasteiger partial charge in [0.25, 0.3) is 5.91 Å². The number of hydrogen-bond donors (Lipinski definition) is 1. The van der Waals surface area contributed by atoms with Gasteiger partial charge < -0.3 is 4.74 Å². The lowest BCUT2D eigenvalue weighted by atomic mass is 10.1. The number of para-hydroxylation sites is 1. The molecule has 1 atom stereocenters. The standard InChI is InChI=1S/C18H18N2O2S/c1-11-8-9-15(12(2)10-11)22-13(3)17(21)20-18-19-14-6-4-5-7-16(14)23-18/h4-10,13H,1-3H3,(H,19,20,21)/t13-/m0/s1. The number of aromatic nitrogens is 1. The molecule has 2 aromatic carbocycles. The Morgan fingerprint density at radius 3 is 2.74 bits per heavy atom. The third kappa shape index (κ3) is 3.51. The van der Waals surface area contributed by atoms with Gasteiger partial charge in [-0.2, -0.15) is 0 Å². The summed E-state index contributed by atoms with van der Waals surface area (Å²) in [5.41, 5.74) is 3.07. The van der Waals surface area contributed by atoms with Crippen LogP contribution >= 0.6 is 11.3 Å². The number of aryl methyl sites for hydroxylation is 2. The van der Waals surface area contributed by atoms with Gasteiger partial charge in [-0.3, -0.25) is 10.1 Å². The summed E-state index contributed by atoms with van der Waals surface area (Å²) in [6.45, 7) is 5.74. The number of rotatable bonds is 4. The van der Waals surface area contributed by atoms with E-state index in [4.69, 9.17) is 4.74 Å². The van der Waals surface area contributed by atoms with E-state index < -0.39 is 6.10 Å². The Hall–Kier alpha value is -2.40. The van der Waals surface area contributed by atoms with Crippen molar-refractivity contribution >= 4 is 32.6 Å². The molecular formula is C18H18N2O2S. The molecule has 0 bridgehead atoms. The minimum atomic E-state index is -0.594. The zero-order valence-electron chi connectivity index (χ0n) is 13.3. The zero-order chi connectivity index (χ0) is 16.4. The molecule has 0 aliphatic carbocycles. The highest BCUT2D eigenvalue weighted by atomic mass is 32.1. The number of amides is 1. The zero-order valence-corrected chi connectivity index (χ0v) is 14.1. The molecule has 0 aliphatic heterocycles. The number of fused-ring (bicyclic) bond motifs is 1. The van der Waals surface area contributed by atoms with Crippen molar-refractivity contribution in [2.24, 2.45) is 0 Å². The fraction of sp³-hybridized carbons (Fsp3) is 0.222. The molecule has 23 heavy (non-hydrogen) atoms. The van der Waals surface area contributed by atoms with E-state index in [0.29, 0.717) is 5.13 Å². The molecule has 1 amide bonds. The molecule has 1 heterocycles. The van der Waals surface area contributed by atoms with Crippen molar-refractivity contribution in [3.05, 3.63) is 53.6 Å². The largest absolute Gasteiger partial charge is 0.481 e. The van der Waals surface area contributed by atoms with E-state index >= 15 is 0 Å². The molecule has 0 spiro atoms. The lowest BCUT2D eigenvalue weighted by molar-refractivity contribution is -0.122. The predicted molar refractivity (Wildman–Crippen MR) is 94.3 cm³/mol. The number of nitrogens with zero attached hydrogens (tertiary/aromatic N) is 1. The predicted octanol–water partition coefficient (Wildman–Crippen LogP) is 4.32. The Bertz CT molecular complexity index is 824. The van der Waals surface area contributed by atoms with Crippen molar-refractivity contribution in [3.63, 3.8) is 0 Å². The summed E-state index contributed by atoms with van der Waals surface area (Å²) in [4.78, 5) is 16.7. The van der Waals surface area contributed by atoms with Crippen LogP contribution in [-0.2, 0) is 4.79 Å². The molecule has 0 aliphatic rings. The Kier molecular flexibility index (Phi) is 4.30. The van der Waals surface area contributed by atoms with E-state index in [1.807, 2.05) is 56.3 Å². The Labute approximate surface area is 139 Å². The highest BCUT2D eigenvalue weighted by Crippen LogP contribution is 2.26. The second-order valence-corrected chi connectivity index (χ2v) is 6.54. The lowest BCUT2D eigenvalue weighted by Gasteiger charge is -2.15. The normalized spacial score (nSPS) is 12.1. The Morgan fingerprint density at radius 1 is 1.22 bits per heavy atom. The van der Waals surface area contributed by atoms with Crippen LogP contribution in [0.4, 0.5) is 5.13 Å². The smallest absolute Gasteiger partial charge is 0.266 e. The molecular weight excluding hydrogens is 308 g/mol. The molecule has 0 fully saturated rings. The monoisotopic (exact) mass is 326 g/mol. The van der Waals surface area contributed by atoms with Gasteiger partial charge in [-0.1, -0.05) is 41.2 Å². The SMILES string of the molecule is Cc1ccc(O[C@@H](C)C(=O)Nc2nc3ccccc3s2)c(C)c1. The molecule has 0 radical (unpaired) electrons. The summed E-state index contributed by atoms with van der Waals surface area (Å²) in [6, 6.07) is 13.7. The van der Waals surface area contributed by atoms with E-state index in [2.05, 4.69) is 10.3 Å². The van der Waals surface area contributed by atoms with Gasteiger partial charge in [0.2, 0.25) is 0 Å². The van der Waals surface area contributed by atoms with Gasteiger partial charge in [-0.05, 0) is 44.5 Å². The summed E-state index contributed by atoms with van der Waals surface area (Å²) in [7, 11) is 0. The highest BCUT2D eigenvalue weighted by molar-refractivity contribution is 7.22. The number of thiazole rings is 1. The fourth-order valence-corrected chi connectivity index (χ4v) is 3.18. The lowest BCUT2D eigenvalue weighted by Crippen LogP contribution is -2.30. The molecule has 1 aromatic heterocycles. The Morgan fingerprint density at radius 2 is 2.00 bits per heavy atom. The number of anilines is 1. The summed E-state index contributed by atoms with van der Waals surface area (Å²) < 4.78 is 6.82. The van der Waals surface area contributed by atoms with Crippen molar-refractivity contribution < 1.29 is 9.53 Å². The van der Waals surface area contributed by atoms with Gasteiger partial charge in [0, 0.05) is 0 Å². The summed E-state index contributed by atoms with van der Waals surface area (Å²) in [5, 5.41) is 3.42. The van der Waals surface area contributed by atoms with Crippen molar-refractivity contribution in [3.8, 4) is 5.75 Å². The van der Waals surface area contributed by atoms with Crippen LogP contribution in [0.15, 0.2) is 42.5 Å². The van der Waals surface area contributed by atoms with Crippen LogP contribution in [0.3, 0.4) is 0 Å². The van der Waals surface area contributed by atoms with E-state index in [1.54, 1.807) is 6.92 Å². The van der Waals surface area contributed by atoms with Crippen LogP contribution in [0.5, 0.6) is 5.75 Å². The molecule has 0 unspecified atom stereocenters. The maximum atomic E-state index is 12.3. The van der Waals surface area contributed by atoms with Gasteiger partial charge >= 0.3 is 0 Å². The third-order valence-electron chi connectivity index (χ3n) is 3.53. The fourth-order valence-electron chi connectivity index (χ4n) is 2.31. The van der Waals surface area contributed by atoms with Crippen LogP contribution in [-0.4, -0.2) is 17.0 Å². The third-order valence-corrected chi connectivity index (χ3v) is 4.48. The maximum absolute atomic E-state index is 12.3. The van der Waals surface area contributed by atoms with E-state index in [9.17, 15) is 4.79 Å². The van der Waals surface area contributed by atoms with Gasteiger partial charge in [-0.25, -0.2) is 4.98 Å². The average molecular weight is 326 g/mol. The van der Waals surface area contributed by atoms with Crippen LogP contribution in [0.1, 0.15) is 18.1 Å². The molecule has 3 aromatic rings. The van der Waals surface area contributed by atoms with Crippen LogP contribution in [0.25, 0.3) is 10.2 Å². The minimum absolute atomic E-state index is 0.205. The second-order valence-electron chi connectivity index (χ2n) is 5.51. The van der Waals surface area contributed by atoms with Crippen LogP contribution < -0.4 is 10.1 Å². The topological polar surface area (TPSA) is 51.2 Å². The average Bonchev–Trinajstić information content (AvgIpc) is 2.92. The number of benzene rings is 2. The van der Waals surface area contributed by atoms with Crippen molar-refractivity contribution in [2.45, 2.75) is 26.9 Å². The van der Waals surface area contributed by atoms with Crippen molar-refractivity contribution in [2.75, 3.05) is 5.32 Å². The van der Waals surface area contributed by atoms with Crippen LogP contribution in [0, 0.1) is 13.8 Å². The molecule has 3 rings (SSSR count). The number of hydrogen-bond acceptors (Lipinski definition) is 4. The summed E-state index contributed by atoms with van der Waals surface area (Å²) in [6.07, 6.45) is -0.594. The highest BCUT2D eigenvalue weighted by Gasteiger charge is 2.17. The molecule has 118 valence electrons. The van der Waals surface area contributed by atoms with Crippen molar-refractivity contribution in [1.82, 2.24) is 4.98 Å². The molecule has 1 N–H and O–H groups in total. The number of carbonyl (C=O) groups is 1. The van der Waals surface area contributed by atoms with Gasteiger partial charge in [-0.15, -0.1) is 0 Å². The van der Waals surface area contributed by atoms with Crippen LogP contribution in [0.2, 0.25) is 0 Å². The molecule has 5 heteroatoms. The second kappa shape index (κ2) is 6.38. The summed E-state index contributed by atoms with van der Waals surface area (Å²) >= 11 is 1.46. The van der Waals surface area contributed by atoms with Gasteiger partial charge in [0.1, 0.15) is 5.75 Å². The van der Waals surface area contributed by atoms with E-state index in [0.717, 1.165) is 21.5 Å². The minimum Gasteiger partial charge on any atom is -0.481 e. The number of ether oxygens (including phenoxy) is 1. The molecule has 4 nitrogen and oxygen atoms in total. The summed E-state index contributed by atoms with van der Waals surface area (Å²) in [5.74, 6) is 0.520. The number of nitrogens with one attached hydrogen (secondary N) is 1. The van der Waals surface area contributed by atoms with Gasteiger partial charge in [0.05, 0.1) is 10.2 Å². The Balaban J connectivity index is 1.69. The quantitative estimate of drug-likeness (QED) is 0.777. The maximum Gasteiger partial charge on any atom is 0.266 e. The van der Waals surface area contributed by atoms with Crippen molar-refractivity contribution in [1.29, 1.82) is 0 Å². The van der Waals surface area contributed by atoms with Gasteiger partial charge in [0.15, 0.2) is 11.2 Å². The first-order valence-corrected chi connectivity index (χ1v) is 8.25. The first-order valence-electron chi connectivity index (χ1n) is 7.43.